The number of carbonyl (C=O) groups is 2. The van der Waals surface area contributed by atoms with Crippen LogP contribution in [0.1, 0.15) is 47.0 Å². The van der Waals surface area contributed by atoms with Crippen LogP contribution in [0.25, 0.3) is 0 Å². The standard InChI is InChI=1S/C25H22N2O3.ClH/c1-16-11-13-17(14-12-16)25(29)27-20-8-3-2-6-18(20)26-19-7-4-9-21(28)23(19)24(27)22-10-5-15-30-22;/h2-3,5-6,8,10-15,24,26H,4,7,9H2,1H3;1H/p-1. The molecule has 2 heterocycles. The van der Waals surface area contributed by atoms with Gasteiger partial charge in [-0.15, -0.1) is 0 Å². The van der Waals surface area contributed by atoms with E-state index in [9.17, 15) is 9.59 Å². The molecule has 0 saturated heterocycles. The summed E-state index contributed by atoms with van der Waals surface area (Å²) in [6.45, 7) is 1.99. The number of hydrogen-bond donors (Lipinski definition) is 1. The number of fused-ring (bicyclic) bond motifs is 1. The molecule has 158 valence electrons. The third-order valence-electron chi connectivity index (χ3n) is 5.77. The van der Waals surface area contributed by atoms with E-state index in [2.05, 4.69) is 5.32 Å². The lowest BCUT2D eigenvalue weighted by Gasteiger charge is -2.32. The van der Waals surface area contributed by atoms with Crippen molar-refractivity contribution in [2.45, 2.75) is 32.2 Å². The van der Waals surface area contributed by atoms with E-state index in [1.165, 1.54) is 0 Å². The number of nitrogens with zero attached hydrogens (tertiary/aromatic N) is 1. The van der Waals surface area contributed by atoms with Crippen molar-refractivity contribution in [2.75, 3.05) is 10.2 Å². The Kier molecular flexibility index (Phi) is 5.70. The Morgan fingerprint density at radius 3 is 2.55 bits per heavy atom. The molecule has 5 rings (SSSR count). The van der Waals surface area contributed by atoms with E-state index in [1.807, 2.05) is 61.5 Å². The number of para-hydroxylation sites is 2. The monoisotopic (exact) mass is 433 g/mol. The van der Waals surface area contributed by atoms with Gasteiger partial charge in [0.25, 0.3) is 5.91 Å². The summed E-state index contributed by atoms with van der Waals surface area (Å²) in [5.41, 5.74) is 4.69. The first-order chi connectivity index (χ1) is 14.6. The van der Waals surface area contributed by atoms with Gasteiger partial charge in [0.15, 0.2) is 5.78 Å². The van der Waals surface area contributed by atoms with E-state index in [-0.39, 0.29) is 24.1 Å². The first-order valence-corrected chi connectivity index (χ1v) is 10.2. The number of Topliss-reactive ketones (excluding diaryl/α,β-unsaturated/α-hetero) is 1. The molecule has 5 nitrogen and oxygen atoms in total. The summed E-state index contributed by atoms with van der Waals surface area (Å²) in [4.78, 5) is 28.7. The molecule has 2 aliphatic rings. The van der Waals surface area contributed by atoms with Gasteiger partial charge in [0.2, 0.25) is 0 Å². The second-order valence-electron chi connectivity index (χ2n) is 7.77. The molecule has 31 heavy (non-hydrogen) atoms. The molecule has 1 amide bonds. The molecule has 1 aliphatic heterocycles. The molecule has 0 saturated carbocycles. The Morgan fingerprint density at radius 2 is 1.81 bits per heavy atom. The second-order valence-corrected chi connectivity index (χ2v) is 7.77. The molecule has 0 bridgehead atoms. The summed E-state index contributed by atoms with van der Waals surface area (Å²) in [6.07, 6.45) is 3.62. The van der Waals surface area contributed by atoms with E-state index in [4.69, 9.17) is 4.42 Å². The quantitative estimate of drug-likeness (QED) is 0.674. The summed E-state index contributed by atoms with van der Waals surface area (Å²) in [6, 6.07) is 18.2. The lowest BCUT2D eigenvalue weighted by atomic mass is 9.88. The van der Waals surface area contributed by atoms with Crippen LogP contribution in [0.2, 0.25) is 0 Å². The molecular weight excluding hydrogens is 412 g/mol. The van der Waals surface area contributed by atoms with Crippen molar-refractivity contribution in [2.24, 2.45) is 0 Å². The van der Waals surface area contributed by atoms with Crippen LogP contribution in [0.4, 0.5) is 11.4 Å². The van der Waals surface area contributed by atoms with Crippen LogP contribution < -0.4 is 22.6 Å². The summed E-state index contributed by atoms with van der Waals surface area (Å²) >= 11 is 0. The minimum Gasteiger partial charge on any atom is -1.00 e. The van der Waals surface area contributed by atoms with Crippen molar-refractivity contribution in [3.63, 3.8) is 0 Å². The van der Waals surface area contributed by atoms with Gasteiger partial charge in [-0.2, -0.15) is 0 Å². The number of hydrogen-bond acceptors (Lipinski definition) is 4. The van der Waals surface area contributed by atoms with Gasteiger partial charge in [0.1, 0.15) is 11.8 Å². The maximum absolute atomic E-state index is 13.8. The van der Waals surface area contributed by atoms with Crippen LogP contribution in [-0.2, 0) is 4.79 Å². The van der Waals surface area contributed by atoms with Gasteiger partial charge in [0, 0.05) is 23.3 Å². The fourth-order valence-corrected chi connectivity index (χ4v) is 4.31. The van der Waals surface area contributed by atoms with Crippen LogP contribution in [0.3, 0.4) is 0 Å². The van der Waals surface area contributed by atoms with Crippen molar-refractivity contribution in [3.05, 3.63) is 95.1 Å². The zero-order valence-electron chi connectivity index (χ0n) is 17.1. The molecule has 1 aliphatic carbocycles. The van der Waals surface area contributed by atoms with Gasteiger partial charge in [-0.05, 0) is 56.2 Å². The number of rotatable bonds is 2. The summed E-state index contributed by atoms with van der Waals surface area (Å²) in [5.74, 6) is 0.467. The number of aryl methyl sites for hydroxylation is 1. The number of carbonyl (C=O) groups excluding carboxylic acids is 2. The smallest absolute Gasteiger partial charge is 0.259 e. The van der Waals surface area contributed by atoms with Crippen molar-refractivity contribution in [1.29, 1.82) is 0 Å². The average molecular weight is 434 g/mol. The number of nitrogens with one attached hydrogen (secondary N) is 1. The first-order valence-electron chi connectivity index (χ1n) is 10.2. The number of allylic oxidation sites excluding steroid dienone is 1. The Morgan fingerprint density at radius 1 is 1.03 bits per heavy atom. The lowest BCUT2D eigenvalue weighted by molar-refractivity contribution is -0.116. The second kappa shape index (κ2) is 8.44. The highest BCUT2D eigenvalue weighted by Gasteiger charge is 2.41. The van der Waals surface area contributed by atoms with E-state index in [0.717, 1.165) is 35.5 Å². The third-order valence-corrected chi connectivity index (χ3v) is 5.77. The zero-order chi connectivity index (χ0) is 20.7. The zero-order valence-corrected chi connectivity index (χ0v) is 17.9. The van der Waals surface area contributed by atoms with Crippen molar-refractivity contribution < 1.29 is 26.4 Å². The SMILES string of the molecule is Cc1ccc(C(=O)N2c3ccccc3NC3=C(C(=O)CCC3)C2c2ccco2)cc1.[Cl-]. The molecule has 1 N–H and O–H groups in total. The third kappa shape index (κ3) is 3.66. The van der Waals surface area contributed by atoms with Gasteiger partial charge >= 0.3 is 0 Å². The van der Waals surface area contributed by atoms with Crippen LogP contribution >= 0.6 is 0 Å². The molecule has 3 aromatic rings. The van der Waals surface area contributed by atoms with Gasteiger partial charge < -0.3 is 22.1 Å². The van der Waals surface area contributed by atoms with Crippen molar-refractivity contribution in [1.82, 2.24) is 0 Å². The highest BCUT2D eigenvalue weighted by atomic mass is 35.5. The highest BCUT2D eigenvalue weighted by Crippen LogP contribution is 2.45. The minimum atomic E-state index is -0.618. The lowest BCUT2D eigenvalue weighted by Crippen LogP contribution is -3.00. The Labute approximate surface area is 187 Å². The maximum Gasteiger partial charge on any atom is 0.259 e. The molecule has 0 radical (unpaired) electrons. The predicted octanol–water partition coefficient (Wildman–Crippen LogP) is 2.41. The normalized spacial score (nSPS) is 17.8. The minimum absolute atomic E-state index is 0. The summed E-state index contributed by atoms with van der Waals surface area (Å²) in [7, 11) is 0. The largest absolute Gasteiger partial charge is 1.00 e. The van der Waals surface area contributed by atoms with Crippen LogP contribution in [0.5, 0.6) is 0 Å². The van der Waals surface area contributed by atoms with E-state index < -0.39 is 6.04 Å². The fraction of sp³-hybridized carbons (Fsp3) is 0.200. The van der Waals surface area contributed by atoms with Gasteiger partial charge in [-0.3, -0.25) is 14.5 Å². The number of furan rings is 1. The average Bonchev–Trinajstić information content (AvgIpc) is 3.23. The summed E-state index contributed by atoms with van der Waals surface area (Å²) in [5, 5.41) is 3.45. The molecule has 1 unspecified atom stereocenters. The van der Waals surface area contributed by atoms with Crippen LogP contribution in [0, 0.1) is 6.92 Å². The number of amides is 1. The predicted molar refractivity (Wildman–Crippen MR) is 115 cm³/mol. The molecule has 2 aromatic carbocycles. The van der Waals surface area contributed by atoms with Crippen molar-refractivity contribution in [3.8, 4) is 0 Å². The Balaban J connectivity index is 0.00000231. The molecular formula is C25H22ClN2O3-. The highest BCUT2D eigenvalue weighted by molar-refractivity contribution is 6.11. The Bertz CT molecular complexity index is 1150. The topological polar surface area (TPSA) is 62.6 Å². The molecule has 0 fully saturated rings. The number of ketones is 1. The molecule has 0 spiro atoms. The van der Waals surface area contributed by atoms with Gasteiger partial charge in [0.05, 0.1) is 17.6 Å². The fourth-order valence-electron chi connectivity index (χ4n) is 4.31. The van der Waals surface area contributed by atoms with Crippen LogP contribution in [-0.4, -0.2) is 11.7 Å². The maximum atomic E-state index is 13.8. The molecule has 1 atom stereocenters. The van der Waals surface area contributed by atoms with Gasteiger partial charge in [-0.25, -0.2) is 0 Å². The molecule has 6 heteroatoms. The Hall–Kier alpha value is -3.31. The number of halogens is 1. The van der Waals surface area contributed by atoms with E-state index in [1.54, 1.807) is 17.2 Å². The van der Waals surface area contributed by atoms with E-state index in [0.29, 0.717) is 23.3 Å². The number of anilines is 2. The van der Waals surface area contributed by atoms with Gasteiger partial charge in [-0.1, -0.05) is 29.8 Å². The number of benzene rings is 2. The summed E-state index contributed by atoms with van der Waals surface area (Å²) < 4.78 is 5.77. The van der Waals surface area contributed by atoms with Crippen molar-refractivity contribution >= 4 is 23.1 Å². The first kappa shape index (κ1) is 20.9. The van der Waals surface area contributed by atoms with E-state index >= 15 is 0 Å². The van der Waals surface area contributed by atoms with Crippen LogP contribution in [0.15, 0.2) is 82.6 Å². The molecule has 1 aromatic heterocycles.